The lowest BCUT2D eigenvalue weighted by Gasteiger charge is -2.37. The first-order chi connectivity index (χ1) is 23.5. The van der Waals surface area contributed by atoms with Crippen LogP contribution < -0.4 is 20.7 Å². The Morgan fingerprint density at radius 3 is 2.50 bits per heavy atom. The molecule has 2 saturated carbocycles. The number of carbonyl (C=O) groups is 4. The van der Waals surface area contributed by atoms with Gasteiger partial charge in [0, 0.05) is 35.6 Å². The highest BCUT2D eigenvalue weighted by Gasteiger charge is 2.63. The molecule has 16 heteroatoms. The van der Waals surface area contributed by atoms with Crippen molar-refractivity contribution in [1.29, 1.82) is 0 Å². The van der Waals surface area contributed by atoms with Gasteiger partial charge in [-0.05, 0) is 54.2 Å². The predicted octanol–water partition coefficient (Wildman–Crippen LogP) is 3.90. The maximum absolute atomic E-state index is 14.8. The number of thiazole rings is 1. The highest BCUT2D eigenvalue weighted by atomic mass is 35.5. The van der Waals surface area contributed by atoms with E-state index in [0.29, 0.717) is 29.4 Å². The fraction of sp³-hybridized carbons (Fsp3) is 0.618. The van der Waals surface area contributed by atoms with E-state index in [9.17, 15) is 27.6 Å². The lowest BCUT2D eigenvalue weighted by Crippen LogP contribution is -2.57. The molecule has 0 bridgehead atoms. The van der Waals surface area contributed by atoms with Gasteiger partial charge in [-0.25, -0.2) is 18.2 Å². The first kappa shape index (κ1) is 36.5. The highest BCUT2D eigenvalue weighted by molar-refractivity contribution is 7.91. The fourth-order valence-electron chi connectivity index (χ4n) is 6.90. The van der Waals surface area contributed by atoms with Crippen LogP contribution in [0.3, 0.4) is 0 Å². The number of aromatic nitrogens is 1. The number of hydrogen-bond acceptors (Lipinski definition) is 11. The number of ether oxygens (including phenoxy) is 1. The van der Waals surface area contributed by atoms with E-state index >= 15 is 0 Å². The molecule has 1 aromatic heterocycles. The lowest BCUT2D eigenvalue weighted by molar-refractivity contribution is -0.140. The number of aryl methyl sites for hydroxylation is 1. The third-order valence-electron chi connectivity index (χ3n) is 10.2. The molecule has 2 aliphatic carbocycles. The molecule has 13 nitrogen and oxygen atoms in total. The number of anilines is 1. The van der Waals surface area contributed by atoms with Crippen LogP contribution in [-0.4, -0.2) is 77.0 Å². The van der Waals surface area contributed by atoms with Gasteiger partial charge in [0.15, 0.2) is 10.7 Å². The summed E-state index contributed by atoms with van der Waals surface area (Å²) in [5.74, 6) is -2.02. The summed E-state index contributed by atoms with van der Waals surface area (Å²) in [5, 5.41) is 9.69. The predicted molar refractivity (Wildman–Crippen MR) is 189 cm³/mol. The van der Waals surface area contributed by atoms with Crippen LogP contribution in [-0.2, 0) is 48.7 Å². The fourth-order valence-corrected chi connectivity index (χ4v) is 9.30. The van der Waals surface area contributed by atoms with Gasteiger partial charge in [0.25, 0.3) is 5.91 Å². The highest BCUT2D eigenvalue weighted by Crippen LogP contribution is 2.47. The second kappa shape index (κ2) is 13.4. The molecule has 4 aliphatic rings. The third kappa shape index (κ3) is 7.10. The van der Waals surface area contributed by atoms with Crippen molar-refractivity contribution < 1.29 is 32.3 Å². The van der Waals surface area contributed by atoms with Gasteiger partial charge < -0.3 is 20.7 Å². The molecule has 50 heavy (non-hydrogen) atoms. The van der Waals surface area contributed by atoms with Crippen molar-refractivity contribution in [3.05, 3.63) is 45.4 Å². The van der Waals surface area contributed by atoms with Crippen molar-refractivity contribution in [3.63, 3.8) is 0 Å². The Bertz CT molecular complexity index is 1810. The number of halogens is 1. The number of nitrogens with one attached hydrogen (secondary N) is 4. The zero-order chi connectivity index (χ0) is 36.2. The van der Waals surface area contributed by atoms with E-state index in [4.69, 9.17) is 16.3 Å². The molecule has 2 aromatic rings. The number of nitrogens with zero attached hydrogens (tertiary/aromatic N) is 2. The van der Waals surface area contributed by atoms with Gasteiger partial charge in [-0.15, -0.1) is 11.3 Å². The molecular formula is C34H45ClN6O7S2. The number of benzene rings is 1. The van der Waals surface area contributed by atoms with Crippen LogP contribution in [0, 0.1) is 11.3 Å². The molecule has 272 valence electrons. The van der Waals surface area contributed by atoms with E-state index in [1.807, 2.05) is 46.8 Å². The maximum Gasteiger partial charge on any atom is 0.411 e. The number of sulfonamides is 1. The Morgan fingerprint density at radius 1 is 1.16 bits per heavy atom. The van der Waals surface area contributed by atoms with Crippen LogP contribution >= 0.6 is 22.9 Å². The summed E-state index contributed by atoms with van der Waals surface area (Å²) in [7, 11) is -3.83. The normalized spacial score (nSPS) is 26.6. The Kier molecular flexibility index (Phi) is 9.76. The van der Waals surface area contributed by atoms with Crippen LogP contribution in [0.5, 0.6) is 0 Å². The Labute approximate surface area is 301 Å². The zero-order valence-electron chi connectivity index (χ0n) is 28.9. The molecule has 3 amide bonds. The number of ketones is 1. The van der Waals surface area contributed by atoms with Crippen molar-refractivity contribution in [1.82, 2.24) is 25.2 Å². The van der Waals surface area contributed by atoms with Crippen LogP contribution in [0.2, 0.25) is 5.02 Å². The van der Waals surface area contributed by atoms with Crippen molar-refractivity contribution in [2.45, 2.75) is 115 Å². The number of amides is 3. The summed E-state index contributed by atoms with van der Waals surface area (Å²) < 4.78 is 33.6. The van der Waals surface area contributed by atoms with Crippen molar-refractivity contribution in [3.8, 4) is 0 Å². The van der Waals surface area contributed by atoms with Crippen molar-refractivity contribution in [2.24, 2.45) is 11.3 Å². The average molecular weight is 749 g/mol. The second-order valence-corrected chi connectivity index (χ2v) is 18.5. The topological polar surface area (TPSA) is 176 Å². The SMILES string of the molecule is CCc1cnc(N[C@H](C(=O)[C@]2(OC(=O)N3Cc4cccc(Cl)c4C3)CN[C@H](C(=O)N[C@]3(C(=O)NS(=O)(=O)C4CC4)C[C@@H]3CC)C2)C(C)(C)C)s1. The molecular weight excluding hydrogens is 704 g/mol. The van der Waals surface area contributed by atoms with Crippen molar-refractivity contribution in [2.75, 3.05) is 11.9 Å². The molecule has 4 N–H and O–H groups in total. The molecule has 3 heterocycles. The van der Waals surface area contributed by atoms with Crippen LogP contribution in [0.4, 0.5) is 9.93 Å². The minimum absolute atomic E-state index is 0.157. The molecule has 1 saturated heterocycles. The molecule has 6 rings (SSSR count). The number of hydrogen-bond donors (Lipinski definition) is 4. The van der Waals surface area contributed by atoms with Crippen LogP contribution in [0.25, 0.3) is 0 Å². The maximum atomic E-state index is 14.8. The number of carbonyl (C=O) groups excluding carboxylic acids is 4. The first-order valence-corrected chi connectivity index (χ1v) is 19.9. The van der Waals surface area contributed by atoms with Gasteiger partial charge in [0.1, 0.15) is 5.54 Å². The molecule has 3 fully saturated rings. The Balaban J connectivity index is 1.25. The first-order valence-electron chi connectivity index (χ1n) is 17.1. The van der Waals surface area contributed by atoms with E-state index in [1.165, 1.54) is 16.2 Å². The Hall–Kier alpha value is -3.27. The smallest absolute Gasteiger partial charge is 0.411 e. The van der Waals surface area contributed by atoms with E-state index in [1.54, 1.807) is 12.3 Å². The minimum atomic E-state index is -3.83. The van der Waals surface area contributed by atoms with E-state index < -0.39 is 67.6 Å². The number of Topliss-reactive ketones (excluding diaryl/α,β-unsaturated/α-hetero) is 1. The molecule has 1 aromatic carbocycles. The summed E-state index contributed by atoms with van der Waals surface area (Å²) in [6, 6.07) is 3.56. The molecule has 2 aliphatic heterocycles. The van der Waals surface area contributed by atoms with Gasteiger partial charge in [0.05, 0.1) is 23.9 Å². The second-order valence-electron chi connectivity index (χ2n) is 15.0. The molecule has 0 radical (unpaired) electrons. The molecule has 5 atom stereocenters. The standard InChI is InChI=1S/C34H45ClN6O7S2/c1-6-20-13-34(20,29(44)40-50(46,47)22-11-12-22)39-28(43)25-14-33(18-37-25,48-31(45)41-16-19-9-8-10-24(35)23(19)17-41)27(42)26(32(3,4)5)38-30-36-15-21(7-2)49-30/h8-10,15,20,22,25-26,37H,6-7,11-14,16-18H2,1-5H3,(H,36,38)(H,39,43)(H,40,44)/t20-,25-,26+,33+,34+/m0/s1. The molecule has 0 spiro atoms. The number of fused-ring (bicyclic) bond motifs is 1. The molecule has 0 unspecified atom stereocenters. The van der Waals surface area contributed by atoms with Crippen molar-refractivity contribution >= 4 is 61.8 Å². The van der Waals surface area contributed by atoms with Gasteiger partial charge in [-0.3, -0.25) is 24.0 Å². The quantitative estimate of drug-likeness (QED) is 0.249. The summed E-state index contributed by atoms with van der Waals surface area (Å²) in [6.45, 7) is 9.87. The summed E-state index contributed by atoms with van der Waals surface area (Å²) in [4.78, 5) is 62.9. The van der Waals surface area contributed by atoms with E-state index in [0.717, 1.165) is 22.4 Å². The zero-order valence-corrected chi connectivity index (χ0v) is 31.3. The van der Waals surface area contributed by atoms with E-state index in [2.05, 4.69) is 25.7 Å². The van der Waals surface area contributed by atoms with Gasteiger partial charge in [-0.2, -0.15) is 0 Å². The largest absolute Gasteiger partial charge is 0.433 e. The minimum Gasteiger partial charge on any atom is -0.433 e. The monoisotopic (exact) mass is 748 g/mol. The third-order valence-corrected chi connectivity index (χ3v) is 13.5. The van der Waals surface area contributed by atoms with Gasteiger partial charge in [0.2, 0.25) is 21.7 Å². The summed E-state index contributed by atoms with van der Waals surface area (Å²) >= 11 is 7.85. The van der Waals surface area contributed by atoms with Crippen LogP contribution in [0.15, 0.2) is 24.4 Å². The van der Waals surface area contributed by atoms with Gasteiger partial charge >= 0.3 is 6.09 Å². The lowest BCUT2D eigenvalue weighted by atomic mass is 9.77. The summed E-state index contributed by atoms with van der Waals surface area (Å²) in [6.07, 6.45) is 3.42. The Morgan fingerprint density at radius 2 is 1.90 bits per heavy atom. The summed E-state index contributed by atoms with van der Waals surface area (Å²) in [5.41, 5.74) is -2.14. The number of rotatable bonds is 12. The average Bonchev–Trinajstić information content (AvgIpc) is 3.86. The van der Waals surface area contributed by atoms with Gasteiger partial charge in [-0.1, -0.05) is 64.8 Å². The van der Waals surface area contributed by atoms with Crippen LogP contribution in [0.1, 0.15) is 82.7 Å². The van der Waals surface area contributed by atoms with E-state index in [-0.39, 0.29) is 38.4 Å².